The summed E-state index contributed by atoms with van der Waals surface area (Å²) in [5, 5.41) is 16.3. The summed E-state index contributed by atoms with van der Waals surface area (Å²) in [4.78, 5) is 22.3. The van der Waals surface area contributed by atoms with Crippen molar-refractivity contribution < 1.29 is 23.2 Å². The fraction of sp³-hybridized carbons (Fsp3) is 0.188. The number of nitrogens with zero attached hydrogens (tertiary/aromatic N) is 1. The van der Waals surface area contributed by atoms with E-state index in [0.29, 0.717) is 16.9 Å². The Morgan fingerprint density at radius 1 is 1.24 bits per heavy atom. The zero-order valence-corrected chi connectivity index (χ0v) is 13.2. The van der Waals surface area contributed by atoms with Gasteiger partial charge in [0, 0.05) is 11.8 Å². The topological polar surface area (TPSA) is 93.5 Å². The van der Waals surface area contributed by atoms with Gasteiger partial charge in [-0.25, -0.2) is 0 Å². The highest BCUT2D eigenvalue weighted by molar-refractivity contribution is 5.94. The molecule has 0 atom stereocenters. The van der Waals surface area contributed by atoms with Crippen LogP contribution in [0.5, 0.6) is 5.75 Å². The molecule has 2 aromatic rings. The molecule has 2 rings (SSSR count). The van der Waals surface area contributed by atoms with Crippen molar-refractivity contribution in [1.29, 1.82) is 0 Å². The van der Waals surface area contributed by atoms with Gasteiger partial charge in [-0.05, 0) is 37.3 Å². The van der Waals surface area contributed by atoms with Crippen molar-refractivity contribution in [1.82, 2.24) is 0 Å². The Morgan fingerprint density at radius 2 is 1.92 bits per heavy atom. The molecule has 0 heterocycles. The molecular formula is C16H15F2N3O4. The highest BCUT2D eigenvalue weighted by Gasteiger charge is 2.14. The molecule has 0 aliphatic carbocycles. The first-order valence-electron chi connectivity index (χ1n) is 7.19. The molecule has 0 aliphatic rings. The zero-order valence-electron chi connectivity index (χ0n) is 13.2. The van der Waals surface area contributed by atoms with Crippen LogP contribution in [0.1, 0.15) is 5.56 Å². The number of halogens is 2. The number of hydrogen-bond donors (Lipinski definition) is 2. The minimum absolute atomic E-state index is 0.0113. The molecule has 2 aromatic carbocycles. The molecular weight excluding hydrogens is 336 g/mol. The molecule has 0 unspecified atom stereocenters. The number of hydrogen-bond acceptors (Lipinski definition) is 5. The second-order valence-electron chi connectivity index (χ2n) is 5.01. The Balaban J connectivity index is 1.93. The summed E-state index contributed by atoms with van der Waals surface area (Å²) in [6.07, 6.45) is 0. The summed E-state index contributed by atoms with van der Waals surface area (Å²) in [6.45, 7) is -1.46. The summed E-state index contributed by atoms with van der Waals surface area (Å²) >= 11 is 0. The van der Waals surface area contributed by atoms with Gasteiger partial charge in [0.25, 0.3) is 5.69 Å². The number of benzene rings is 2. The molecule has 25 heavy (non-hydrogen) atoms. The normalized spacial score (nSPS) is 10.4. The molecule has 1 amide bonds. The number of alkyl halides is 2. The predicted molar refractivity (Wildman–Crippen MR) is 88.0 cm³/mol. The van der Waals surface area contributed by atoms with E-state index in [4.69, 9.17) is 0 Å². The molecule has 0 bridgehead atoms. The first-order chi connectivity index (χ1) is 11.9. The Morgan fingerprint density at radius 3 is 2.52 bits per heavy atom. The van der Waals surface area contributed by atoms with Crippen molar-refractivity contribution in [3.05, 3.63) is 58.1 Å². The van der Waals surface area contributed by atoms with Crippen LogP contribution in [-0.4, -0.2) is 24.0 Å². The van der Waals surface area contributed by atoms with E-state index in [0.717, 1.165) is 0 Å². The Labute approximate surface area is 141 Å². The molecule has 7 nitrogen and oxygen atoms in total. The first-order valence-corrected chi connectivity index (χ1v) is 7.19. The monoisotopic (exact) mass is 351 g/mol. The summed E-state index contributed by atoms with van der Waals surface area (Å²) in [5.74, 6) is -0.395. The highest BCUT2D eigenvalue weighted by atomic mass is 19.3. The first kappa shape index (κ1) is 18.1. The van der Waals surface area contributed by atoms with Crippen molar-refractivity contribution >= 4 is 23.0 Å². The third-order valence-corrected chi connectivity index (χ3v) is 3.31. The molecule has 0 saturated heterocycles. The number of nitro benzene ring substituents is 1. The van der Waals surface area contributed by atoms with Crippen LogP contribution < -0.4 is 15.4 Å². The lowest BCUT2D eigenvalue weighted by Gasteiger charge is -2.10. The van der Waals surface area contributed by atoms with Crippen molar-refractivity contribution in [2.75, 3.05) is 17.2 Å². The number of ether oxygens (including phenoxy) is 1. The van der Waals surface area contributed by atoms with Crippen LogP contribution in [0.15, 0.2) is 42.5 Å². The average Bonchev–Trinajstić information content (AvgIpc) is 2.55. The molecule has 0 fully saturated rings. The number of nitrogens with one attached hydrogen (secondary N) is 2. The lowest BCUT2D eigenvalue weighted by atomic mass is 10.1. The van der Waals surface area contributed by atoms with E-state index in [1.54, 1.807) is 13.0 Å². The smallest absolute Gasteiger partial charge is 0.387 e. The van der Waals surface area contributed by atoms with Crippen molar-refractivity contribution in [3.8, 4) is 5.75 Å². The number of carbonyl (C=O) groups excluding carboxylic acids is 1. The summed E-state index contributed by atoms with van der Waals surface area (Å²) in [6, 6.07) is 10.1. The Bertz CT molecular complexity index is 766. The van der Waals surface area contributed by atoms with Crippen molar-refractivity contribution in [3.63, 3.8) is 0 Å². The van der Waals surface area contributed by atoms with Gasteiger partial charge < -0.3 is 15.4 Å². The summed E-state index contributed by atoms with van der Waals surface area (Å²) < 4.78 is 28.3. The van der Waals surface area contributed by atoms with Gasteiger partial charge in [0.05, 0.1) is 22.7 Å². The standard InChI is InChI=1S/C16H15F2N3O4/c1-10-13(3-2-4-14(10)21(23)24)20-15(22)9-19-11-5-7-12(8-6-11)25-16(17)18/h2-8,16,19H,9H2,1H3,(H,20,22). The van der Waals surface area contributed by atoms with Gasteiger partial charge in [-0.1, -0.05) is 6.07 Å². The van der Waals surface area contributed by atoms with E-state index < -0.39 is 17.4 Å². The van der Waals surface area contributed by atoms with Crippen LogP contribution >= 0.6 is 0 Å². The average molecular weight is 351 g/mol. The largest absolute Gasteiger partial charge is 0.435 e. The molecule has 0 saturated carbocycles. The SMILES string of the molecule is Cc1c(NC(=O)CNc2ccc(OC(F)F)cc2)cccc1[N+](=O)[O-]. The predicted octanol–water partition coefficient (Wildman–Crippen LogP) is 3.56. The molecule has 132 valence electrons. The maximum atomic E-state index is 12.1. The van der Waals surface area contributed by atoms with Crippen LogP contribution in [0.4, 0.5) is 25.8 Å². The number of carbonyl (C=O) groups is 1. The number of rotatable bonds is 7. The van der Waals surface area contributed by atoms with E-state index >= 15 is 0 Å². The van der Waals surface area contributed by atoms with Crippen LogP contribution in [0.25, 0.3) is 0 Å². The van der Waals surface area contributed by atoms with Gasteiger partial charge in [0.2, 0.25) is 5.91 Å². The van der Waals surface area contributed by atoms with E-state index in [2.05, 4.69) is 15.4 Å². The second-order valence-corrected chi connectivity index (χ2v) is 5.01. The van der Waals surface area contributed by atoms with E-state index in [1.807, 2.05) is 0 Å². The minimum Gasteiger partial charge on any atom is -0.435 e. The molecule has 0 aliphatic heterocycles. The van der Waals surface area contributed by atoms with Gasteiger partial charge in [-0.15, -0.1) is 0 Å². The lowest BCUT2D eigenvalue weighted by molar-refractivity contribution is -0.385. The third kappa shape index (κ3) is 5.13. The quantitative estimate of drug-likeness (QED) is 0.588. The summed E-state index contributed by atoms with van der Waals surface area (Å²) in [5.41, 5.74) is 1.16. The van der Waals surface area contributed by atoms with Crippen LogP contribution in [0, 0.1) is 17.0 Å². The molecule has 0 spiro atoms. The fourth-order valence-electron chi connectivity index (χ4n) is 2.09. The van der Waals surface area contributed by atoms with Crippen LogP contribution in [-0.2, 0) is 4.79 Å². The number of nitro groups is 1. The van der Waals surface area contributed by atoms with E-state index in [9.17, 15) is 23.7 Å². The maximum Gasteiger partial charge on any atom is 0.387 e. The van der Waals surface area contributed by atoms with Crippen LogP contribution in [0.3, 0.4) is 0 Å². The van der Waals surface area contributed by atoms with Crippen LogP contribution in [0.2, 0.25) is 0 Å². The summed E-state index contributed by atoms with van der Waals surface area (Å²) in [7, 11) is 0. The Kier molecular flexibility index (Phi) is 5.83. The molecule has 2 N–H and O–H groups in total. The zero-order chi connectivity index (χ0) is 18.4. The molecule has 9 heteroatoms. The fourth-order valence-corrected chi connectivity index (χ4v) is 2.09. The van der Waals surface area contributed by atoms with E-state index in [-0.39, 0.29) is 18.0 Å². The molecule has 0 radical (unpaired) electrons. The van der Waals surface area contributed by atoms with Crippen molar-refractivity contribution in [2.24, 2.45) is 0 Å². The molecule has 0 aromatic heterocycles. The van der Waals surface area contributed by atoms with E-state index in [1.165, 1.54) is 36.4 Å². The van der Waals surface area contributed by atoms with Crippen molar-refractivity contribution in [2.45, 2.75) is 13.5 Å². The number of amides is 1. The van der Waals surface area contributed by atoms with Gasteiger partial charge in [-0.3, -0.25) is 14.9 Å². The minimum atomic E-state index is -2.90. The number of anilines is 2. The highest BCUT2D eigenvalue weighted by Crippen LogP contribution is 2.25. The lowest BCUT2D eigenvalue weighted by Crippen LogP contribution is -2.22. The third-order valence-electron chi connectivity index (χ3n) is 3.31. The maximum absolute atomic E-state index is 12.1. The van der Waals surface area contributed by atoms with Gasteiger partial charge >= 0.3 is 6.61 Å². The second kappa shape index (κ2) is 8.04. The van der Waals surface area contributed by atoms with Gasteiger partial charge in [0.1, 0.15) is 5.75 Å². The van der Waals surface area contributed by atoms with Gasteiger partial charge in [-0.2, -0.15) is 8.78 Å². The Hall–Kier alpha value is -3.23. The van der Waals surface area contributed by atoms with Gasteiger partial charge in [0.15, 0.2) is 0 Å².